The molecule has 1 fully saturated rings. The summed E-state index contributed by atoms with van der Waals surface area (Å²) in [5.41, 5.74) is 0. The van der Waals surface area contributed by atoms with E-state index in [2.05, 4.69) is 43.1 Å². The third kappa shape index (κ3) is 7.02. The number of nitrogens with one attached hydrogen (secondary N) is 1. The van der Waals surface area contributed by atoms with Crippen LogP contribution in [0.3, 0.4) is 0 Å². The fraction of sp³-hybridized carbons (Fsp3) is 1.00. The molecule has 1 N–H and O–H groups in total. The zero-order valence-corrected chi connectivity index (χ0v) is 12.2. The van der Waals surface area contributed by atoms with Gasteiger partial charge in [-0.15, -0.1) is 0 Å². The van der Waals surface area contributed by atoms with E-state index < -0.39 is 0 Å². The van der Waals surface area contributed by atoms with Crippen LogP contribution in [0.4, 0.5) is 0 Å². The van der Waals surface area contributed by atoms with Crippen molar-refractivity contribution >= 4 is 0 Å². The maximum absolute atomic E-state index is 3.59. The number of hydrogen-bond donors (Lipinski definition) is 1. The lowest BCUT2D eigenvalue weighted by atomic mass is 10.1. The summed E-state index contributed by atoms with van der Waals surface area (Å²) in [7, 11) is 4.32. The molecule has 0 bridgehead atoms. The Hall–Kier alpha value is -0.120. The van der Waals surface area contributed by atoms with Crippen molar-refractivity contribution in [1.82, 2.24) is 15.1 Å². The van der Waals surface area contributed by atoms with Crippen molar-refractivity contribution in [2.75, 3.05) is 46.8 Å². The van der Waals surface area contributed by atoms with Crippen molar-refractivity contribution in [3.05, 3.63) is 0 Å². The van der Waals surface area contributed by atoms with Crippen LogP contribution < -0.4 is 5.32 Å². The largest absolute Gasteiger partial charge is 0.314 e. The Balaban J connectivity index is 2.23. The van der Waals surface area contributed by atoms with Gasteiger partial charge in [-0.25, -0.2) is 0 Å². The fourth-order valence-corrected chi connectivity index (χ4v) is 2.49. The normalized spacial score (nSPS) is 21.0. The molecule has 17 heavy (non-hydrogen) atoms. The quantitative estimate of drug-likeness (QED) is 0.697. The highest BCUT2D eigenvalue weighted by molar-refractivity contribution is 4.76. The van der Waals surface area contributed by atoms with Crippen molar-refractivity contribution in [1.29, 1.82) is 0 Å². The van der Waals surface area contributed by atoms with Crippen molar-refractivity contribution in [3.8, 4) is 0 Å². The number of rotatable bonds is 8. The summed E-state index contributed by atoms with van der Waals surface area (Å²) in [6, 6.07) is 0.781. The van der Waals surface area contributed by atoms with E-state index >= 15 is 0 Å². The Labute approximate surface area is 108 Å². The molecule has 0 radical (unpaired) electrons. The molecule has 3 heteroatoms. The number of likely N-dealkylation sites (N-methyl/N-ethyl adjacent to an activating group) is 1. The molecule has 1 saturated heterocycles. The minimum Gasteiger partial charge on any atom is -0.314 e. The van der Waals surface area contributed by atoms with Crippen LogP contribution in [0.15, 0.2) is 0 Å². The summed E-state index contributed by atoms with van der Waals surface area (Å²) in [5.74, 6) is 0.772. The molecule has 0 aromatic carbocycles. The summed E-state index contributed by atoms with van der Waals surface area (Å²) in [6.45, 7) is 10.7. The lowest BCUT2D eigenvalue weighted by Crippen LogP contribution is -2.37. The van der Waals surface area contributed by atoms with E-state index in [0.717, 1.165) is 12.0 Å². The fourth-order valence-electron chi connectivity index (χ4n) is 2.49. The highest BCUT2D eigenvalue weighted by Gasteiger charge is 2.15. The highest BCUT2D eigenvalue weighted by atomic mass is 15.2. The van der Waals surface area contributed by atoms with E-state index in [1.807, 2.05) is 0 Å². The van der Waals surface area contributed by atoms with Gasteiger partial charge in [0.25, 0.3) is 0 Å². The predicted octanol–water partition coefficient (Wildman–Crippen LogP) is 1.65. The van der Waals surface area contributed by atoms with Gasteiger partial charge in [-0.05, 0) is 52.4 Å². The second-order valence-electron chi connectivity index (χ2n) is 6.08. The average Bonchev–Trinajstić information content (AvgIpc) is 2.74. The molecule has 1 heterocycles. The van der Waals surface area contributed by atoms with Crippen LogP contribution in [0.1, 0.15) is 33.1 Å². The SMILES string of the molecule is CC(C)CN(CCC1CCCN1)CCN(C)C. The lowest BCUT2D eigenvalue weighted by Gasteiger charge is -2.27. The Kier molecular flexibility index (Phi) is 7.09. The summed E-state index contributed by atoms with van der Waals surface area (Å²) >= 11 is 0. The van der Waals surface area contributed by atoms with Gasteiger partial charge in [0, 0.05) is 25.7 Å². The van der Waals surface area contributed by atoms with Crippen molar-refractivity contribution in [3.63, 3.8) is 0 Å². The predicted molar refractivity (Wildman–Crippen MR) is 75.5 cm³/mol. The topological polar surface area (TPSA) is 18.5 Å². The van der Waals surface area contributed by atoms with Gasteiger partial charge < -0.3 is 15.1 Å². The van der Waals surface area contributed by atoms with Crippen LogP contribution in [0, 0.1) is 5.92 Å². The van der Waals surface area contributed by atoms with E-state index in [1.165, 1.54) is 52.0 Å². The van der Waals surface area contributed by atoms with Gasteiger partial charge in [-0.2, -0.15) is 0 Å². The van der Waals surface area contributed by atoms with Crippen LogP contribution in [0.2, 0.25) is 0 Å². The summed E-state index contributed by atoms with van der Waals surface area (Å²) < 4.78 is 0. The minimum atomic E-state index is 0.772. The Morgan fingerprint density at radius 3 is 2.47 bits per heavy atom. The van der Waals surface area contributed by atoms with Crippen LogP contribution in [-0.4, -0.2) is 62.7 Å². The molecule has 0 spiro atoms. The van der Waals surface area contributed by atoms with Gasteiger partial charge in [0.2, 0.25) is 0 Å². The first-order valence-electron chi connectivity index (χ1n) is 7.18. The van der Waals surface area contributed by atoms with Gasteiger partial charge in [0.1, 0.15) is 0 Å². The van der Waals surface area contributed by atoms with Gasteiger partial charge in [-0.3, -0.25) is 0 Å². The second-order valence-corrected chi connectivity index (χ2v) is 6.08. The minimum absolute atomic E-state index is 0.772. The third-order valence-corrected chi connectivity index (χ3v) is 3.44. The van der Waals surface area contributed by atoms with Crippen molar-refractivity contribution in [2.24, 2.45) is 5.92 Å². The standard InChI is InChI=1S/C14H31N3/c1-13(2)12-17(11-10-16(3)4)9-7-14-6-5-8-15-14/h13-15H,5-12H2,1-4H3. The van der Waals surface area contributed by atoms with Crippen LogP contribution in [-0.2, 0) is 0 Å². The second kappa shape index (κ2) is 8.06. The molecule has 1 atom stereocenters. The van der Waals surface area contributed by atoms with Crippen molar-refractivity contribution in [2.45, 2.75) is 39.2 Å². The van der Waals surface area contributed by atoms with Gasteiger partial charge in [0.05, 0.1) is 0 Å². The smallest absolute Gasteiger partial charge is 0.0109 e. The van der Waals surface area contributed by atoms with E-state index in [0.29, 0.717) is 0 Å². The molecular formula is C14H31N3. The van der Waals surface area contributed by atoms with Gasteiger partial charge in [0.15, 0.2) is 0 Å². The van der Waals surface area contributed by atoms with Crippen LogP contribution in [0.5, 0.6) is 0 Å². The first-order chi connectivity index (χ1) is 8.08. The number of nitrogens with zero attached hydrogens (tertiary/aromatic N) is 2. The molecule has 0 aromatic rings. The monoisotopic (exact) mass is 241 g/mol. The molecule has 1 aliphatic rings. The molecule has 1 aliphatic heterocycles. The Morgan fingerprint density at radius 1 is 1.18 bits per heavy atom. The molecule has 3 nitrogen and oxygen atoms in total. The maximum atomic E-state index is 3.59. The van der Waals surface area contributed by atoms with Gasteiger partial charge >= 0.3 is 0 Å². The maximum Gasteiger partial charge on any atom is 0.0109 e. The average molecular weight is 241 g/mol. The molecule has 1 unspecified atom stereocenters. The van der Waals surface area contributed by atoms with Crippen LogP contribution >= 0.6 is 0 Å². The van der Waals surface area contributed by atoms with E-state index in [-0.39, 0.29) is 0 Å². The Morgan fingerprint density at radius 2 is 1.94 bits per heavy atom. The van der Waals surface area contributed by atoms with Crippen molar-refractivity contribution < 1.29 is 0 Å². The zero-order valence-electron chi connectivity index (χ0n) is 12.2. The summed E-state index contributed by atoms with van der Waals surface area (Å²) in [6.07, 6.45) is 4.07. The Bertz CT molecular complexity index is 186. The first-order valence-corrected chi connectivity index (χ1v) is 7.18. The highest BCUT2D eigenvalue weighted by Crippen LogP contribution is 2.10. The molecule has 0 amide bonds. The van der Waals surface area contributed by atoms with Gasteiger partial charge in [-0.1, -0.05) is 13.8 Å². The number of hydrogen-bond acceptors (Lipinski definition) is 3. The summed E-state index contributed by atoms with van der Waals surface area (Å²) in [5, 5.41) is 3.59. The van der Waals surface area contributed by atoms with E-state index in [9.17, 15) is 0 Å². The molecule has 0 saturated carbocycles. The lowest BCUT2D eigenvalue weighted by molar-refractivity contribution is 0.210. The third-order valence-electron chi connectivity index (χ3n) is 3.44. The molecule has 0 aromatic heterocycles. The molecule has 1 rings (SSSR count). The molecule has 102 valence electrons. The van der Waals surface area contributed by atoms with E-state index in [4.69, 9.17) is 0 Å². The van der Waals surface area contributed by atoms with Crippen LogP contribution in [0.25, 0.3) is 0 Å². The zero-order chi connectivity index (χ0) is 12.7. The van der Waals surface area contributed by atoms with E-state index in [1.54, 1.807) is 0 Å². The molecular weight excluding hydrogens is 210 g/mol. The molecule has 0 aliphatic carbocycles. The summed E-state index contributed by atoms with van der Waals surface area (Å²) in [4.78, 5) is 4.91. The first kappa shape index (κ1) is 14.9.